The van der Waals surface area contributed by atoms with Crippen molar-refractivity contribution in [3.8, 4) is 0 Å². The Balaban J connectivity index is 1.96. The van der Waals surface area contributed by atoms with E-state index >= 15 is 0 Å². The average molecular weight is 233 g/mol. The van der Waals surface area contributed by atoms with Gasteiger partial charge < -0.3 is 5.11 Å². The van der Waals surface area contributed by atoms with Gasteiger partial charge in [0.1, 0.15) is 0 Å². The van der Waals surface area contributed by atoms with E-state index < -0.39 is 0 Å². The van der Waals surface area contributed by atoms with Crippen LogP contribution in [0.3, 0.4) is 0 Å². The summed E-state index contributed by atoms with van der Waals surface area (Å²) in [5.41, 5.74) is 2.28. The molecule has 1 aromatic heterocycles. The Hall–Kier alpha value is -0.930. The first-order chi connectivity index (χ1) is 7.72. The van der Waals surface area contributed by atoms with Crippen LogP contribution in [0.2, 0.25) is 0 Å². The lowest BCUT2D eigenvalue weighted by Crippen LogP contribution is -2.03. The highest BCUT2D eigenvalue weighted by atomic mass is 32.1. The summed E-state index contributed by atoms with van der Waals surface area (Å²) in [6.07, 6.45) is 3.05. The molecule has 0 spiro atoms. The largest absolute Gasteiger partial charge is 0.393 e. The van der Waals surface area contributed by atoms with Crippen LogP contribution in [0.1, 0.15) is 36.3 Å². The van der Waals surface area contributed by atoms with Crippen molar-refractivity contribution in [3.63, 3.8) is 0 Å². The molecule has 2 aromatic rings. The fourth-order valence-corrected chi connectivity index (χ4v) is 3.08. The Bertz CT molecular complexity index is 514. The standard InChI is InChI=1S/C13H15NOS/c1-8(15)6-9-2-5-12-11(7-9)14-13(16-12)10-3-4-10/h2,5,7-8,10,15H,3-4,6H2,1H3. The zero-order valence-corrected chi connectivity index (χ0v) is 10.1. The van der Waals surface area contributed by atoms with E-state index in [2.05, 4.69) is 23.2 Å². The summed E-state index contributed by atoms with van der Waals surface area (Å²) >= 11 is 1.82. The highest BCUT2D eigenvalue weighted by Gasteiger charge is 2.26. The maximum atomic E-state index is 9.36. The quantitative estimate of drug-likeness (QED) is 0.883. The average Bonchev–Trinajstić information content (AvgIpc) is 2.98. The second-order valence-corrected chi connectivity index (χ2v) is 5.74. The van der Waals surface area contributed by atoms with Crippen LogP contribution >= 0.6 is 11.3 Å². The van der Waals surface area contributed by atoms with Crippen molar-refractivity contribution >= 4 is 21.6 Å². The zero-order valence-electron chi connectivity index (χ0n) is 9.31. The Labute approximate surface area is 99.0 Å². The van der Waals surface area contributed by atoms with E-state index in [-0.39, 0.29) is 6.10 Å². The van der Waals surface area contributed by atoms with Gasteiger partial charge >= 0.3 is 0 Å². The Morgan fingerprint density at radius 2 is 2.31 bits per heavy atom. The fourth-order valence-electron chi connectivity index (χ4n) is 1.96. The molecule has 1 unspecified atom stereocenters. The van der Waals surface area contributed by atoms with Crippen molar-refractivity contribution in [2.45, 2.75) is 38.2 Å². The van der Waals surface area contributed by atoms with E-state index in [1.54, 1.807) is 0 Å². The van der Waals surface area contributed by atoms with Crippen LogP contribution in [0.15, 0.2) is 18.2 Å². The van der Waals surface area contributed by atoms with Crippen LogP contribution < -0.4 is 0 Å². The third kappa shape index (κ3) is 1.97. The number of aromatic nitrogens is 1. The summed E-state index contributed by atoms with van der Waals surface area (Å²) in [5.74, 6) is 0.734. The summed E-state index contributed by atoms with van der Waals surface area (Å²) in [6, 6.07) is 6.35. The number of fused-ring (bicyclic) bond motifs is 1. The maximum absolute atomic E-state index is 9.36. The van der Waals surface area contributed by atoms with E-state index in [0.717, 1.165) is 11.4 Å². The van der Waals surface area contributed by atoms with Crippen molar-refractivity contribution in [3.05, 3.63) is 28.8 Å². The topological polar surface area (TPSA) is 33.1 Å². The molecule has 0 saturated heterocycles. The highest BCUT2D eigenvalue weighted by molar-refractivity contribution is 7.18. The molecule has 0 radical (unpaired) electrons. The normalized spacial score (nSPS) is 17.9. The van der Waals surface area contributed by atoms with E-state index in [1.807, 2.05) is 18.3 Å². The number of hydrogen-bond donors (Lipinski definition) is 1. The van der Waals surface area contributed by atoms with Crippen molar-refractivity contribution in [2.75, 3.05) is 0 Å². The molecule has 16 heavy (non-hydrogen) atoms. The van der Waals surface area contributed by atoms with Gasteiger partial charge in [0, 0.05) is 5.92 Å². The van der Waals surface area contributed by atoms with Crippen molar-refractivity contribution in [1.29, 1.82) is 0 Å². The number of aliphatic hydroxyl groups is 1. The number of aliphatic hydroxyl groups excluding tert-OH is 1. The summed E-state index contributed by atoms with van der Waals surface area (Å²) in [7, 11) is 0. The first-order valence-corrected chi connectivity index (χ1v) is 6.61. The zero-order chi connectivity index (χ0) is 11.1. The van der Waals surface area contributed by atoms with Crippen LogP contribution in [0.25, 0.3) is 10.2 Å². The Morgan fingerprint density at radius 1 is 1.50 bits per heavy atom. The minimum Gasteiger partial charge on any atom is -0.393 e. The van der Waals surface area contributed by atoms with Gasteiger partial charge in [0.25, 0.3) is 0 Å². The lowest BCUT2D eigenvalue weighted by Gasteiger charge is -2.03. The molecule has 3 heteroatoms. The van der Waals surface area contributed by atoms with Crippen molar-refractivity contribution < 1.29 is 5.11 Å². The first kappa shape index (κ1) is 10.2. The summed E-state index contributed by atoms with van der Waals surface area (Å²) in [5, 5.41) is 10.7. The molecule has 1 N–H and O–H groups in total. The summed E-state index contributed by atoms with van der Waals surface area (Å²) in [4.78, 5) is 4.68. The van der Waals surface area contributed by atoms with E-state index in [0.29, 0.717) is 6.42 Å². The molecular weight excluding hydrogens is 218 g/mol. The van der Waals surface area contributed by atoms with Crippen LogP contribution in [0.5, 0.6) is 0 Å². The summed E-state index contributed by atoms with van der Waals surface area (Å²) < 4.78 is 1.27. The second-order valence-electron chi connectivity index (χ2n) is 4.68. The molecule has 2 nitrogen and oxygen atoms in total. The van der Waals surface area contributed by atoms with Gasteiger partial charge in [-0.3, -0.25) is 0 Å². The monoisotopic (exact) mass is 233 g/mol. The molecule has 1 heterocycles. The molecule has 0 amide bonds. The third-order valence-corrected chi connectivity index (χ3v) is 4.13. The lowest BCUT2D eigenvalue weighted by atomic mass is 10.1. The lowest BCUT2D eigenvalue weighted by molar-refractivity contribution is 0.195. The van der Waals surface area contributed by atoms with Crippen LogP contribution in [0.4, 0.5) is 0 Å². The Kier molecular flexibility index (Phi) is 2.45. The molecular formula is C13H15NOS. The smallest absolute Gasteiger partial charge is 0.0969 e. The van der Waals surface area contributed by atoms with Crippen LogP contribution in [-0.2, 0) is 6.42 Å². The molecule has 1 fully saturated rings. The second kappa shape index (κ2) is 3.82. The predicted octanol–water partition coefficient (Wildman–Crippen LogP) is 3.10. The number of rotatable bonds is 3. The van der Waals surface area contributed by atoms with Gasteiger partial charge in [-0.15, -0.1) is 11.3 Å². The minimum atomic E-state index is -0.279. The molecule has 1 aliphatic carbocycles. The number of thiazole rings is 1. The van der Waals surface area contributed by atoms with Gasteiger partial charge in [-0.2, -0.15) is 0 Å². The molecule has 1 saturated carbocycles. The molecule has 3 rings (SSSR count). The maximum Gasteiger partial charge on any atom is 0.0969 e. The molecule has 0 aliphatic heterocycles. The van der Waals surface area contributed by atoms with Gasteiger partial charge in [0.15, 0.2) is 0 Å². The summed E-state index contributed by atoms with van der Waals surface area (Å²) in [6.45, 7) is 1.82. The van der Waals surface area contributed by atoms with E-state index in [1.165, 1.54) is 28.1 Å². The number of hydrogen-bond acceptors (Lipinski definition) is 3. The minimum absolute atomic E-state index is 0.279. The molecule has 1 atom stereocenters. The van der Waals surface area contributed by atoms with Gasteiger partial charge in [0.2, 0.25) is 0 Å². The molecule has 1 aliphatic rings. The SMILES string of the molecule is CC(O)Cc1ccc2sc(C3CC3)nc2c1. The molecule has 84 valence electrons. The Morgan fingerprint density at radius 3 is 3.00 bits per heavy atom. The predicted molar refractivity (Wildman–Crippen MR) is 67.0 cm³/mol. The molecule has 1 aromatic carbocycles. The van der Waals surface area contributed by atoms with E-state index in [9.17, 15) is 5.11 Å². The van der Waals surface area contributed by atoms with Gasteiger partial charge in [-0.1, -0.05) is 6.07 Å². The van der Waals surface area contributed by atoms with Crippen molar-refractivity contribution in [2.24, 2.45) is 0 Å². The van der Waals surface area contributed by atoms with Gasteiger partial charge in [-0.25, -0.2) is 4.98 Å². The van der Waals surface area contributed by atoms with E-state index in [4.69, 9.17) is 0 Å². The van der Waals surface area contributed by atoms with Crippen LogP contribution in [-0.4, -0.2) is 16.2 Å². The van der Waals surface area contributed by atoms with Gasteiger partial charge in [0.05, 0.1) is 21.3 Å². The molecule has 0 bridgehead atoms. The van der Waals surface area contributed by atoms with Crippen molar-refractivity contribution in [1.82, 2.24) is 4.98 Å². The third-order valence-electron chi connectivity index (χ3n) is 2.93. The fraction of sp³-hybridized carbons (Fsp3) is 0.462. The first-order valence-electron chi connectivity index (χ1n) is 5.80. The number of nitrogens with zero attached hydrogens (tertiary/aromatic N) is 1. The van der Waals surface area contributed by atoms with Crippen LogP contribution in [0, 0.1) is 0 Å². The van der Waals surface area contributed by atoms with Gasteiger partial charge in [-0.05, 0) is 43.9 Å². The highest BCUT2D eigenvalue weighted by Crippen LogP contribution is 2.43. The number of benzene rings is 1.